The van der Waals surface area contributed by atoms with Crippen molar-refractivity contribution < 1.29 is 56.9 Å². The molecular weight excluding hydrogens is 327 g/mol. The number of hydrogen-bond acceptors (Lipinski definition) is 6. The van der Waals surface area contributed by atoms with Gasteiger partial charge in [0.1, 0.15) is 11.7 Å². The van der Waals surface area contributed by atoms with Gasteiger partial charge in [0.05, 0.1) is 13.1 Å². The minimum absolute atomic E-state index is 0. The van der Waals surface area contributed by atoms with E-state index in [0.29, 0.717) is 24.3 Å². The van der Waals surface area contributed by atoms with E-state index < -0.39 is 0 Å². The van der Waals surface area contributed by atoms with Crippen molar-refractivity contribution in [1.29, 1.82) is 0 Å². The van der Waals surface area contributed by atoms with Gasteiger partial charge in [-0.1, -0.05) is 45.1 Å². The topological polar surface area (TPSA) is 82.1 Å². The monoisotopic (exact) mass is 354 g/mol. The molecule has 22 heavy (non-hydrogen) atoms. The molecule has 0 amide bonds. The predicted octanol–water partition coefficient (Wildman–Crippen LogP) is 0.147. The van der Waals surface area contributed by atoms with Crippen LogP contribution in [0.5, 0.6) is 0 Å². The van der Waals surface area contributed by atoms with Gasteiger partial charge in [-0.25, -0.2) is 0 Å². The molecule has 0 saturated carbocycles. The Balaban J connectivity index is 0.00000220. The van der Waals surface area contributed by atoms with Crippen LogP contribution in [-0.2, 0) is 0 Å². The van der Waals surface area contributed by atoms with Crippen LogP contribution in [0.4, 0.5) is 5.13 Å². The van der Waals surface area contributed by atoms with Crippen LogP contribution in [0.2, 0.25) is 0 Å². The van der Waals surface area contributed by atoms with Crippen molar-refractivity contribution in [3.63, 3.8) is 0 Å². The van der Waals surface area contributed by atoms with E-state index in [-0.39, 0.29) is 61.5 Å². The van der Waals surface area contributed by atoms with E-state index in [1.165, 1.54) is 37.0 Å². The van der Waals surface area contributed by atoms with E-state index in [4.69, 9.17) is 0 Å². The summed E-state index contributed by atoms with van der Waals surface area (Å²) in [6.07, 6.45) is 5.01. The molecule has 2 rings (SSSR count). The molecular formula is C14H27KN4O2S. The van der Waals surface area contributed by atoms with Crippen LogP contribution in [0.1, 0.15) is 57.4 Å². The molecule has 122 valence electrons. The molecule has 0 aliphatic carbocycles. The van der Waals surface area contributed by atoms with Gasteiger partial charge in [-0.05, 0) is 17.8 Å². The molecule has 1 aliphatic heterocycles. The third kappa shape index (κ3) is 6.16. The molecule has 0 aromatic carbocycles. The summed E-state index contributed by atoms with van der Waals surface area (Å²) >= 11 is 1.48. The third-order valence-electron chi connectivity index (χ3n) is 3.81. The van der Waals surface area contributed by atoms with E-state index >= 15 is 0 Å². The van der Waals surface area contributed by atoms with Crippen LogP contribution >= 0.6 is 11.3 Å². The Labute approximate surface area is 180 Å². The van der Waals surface area contributed by atoms with Gasteiger partial charge in [-0.2, -0.15) is 0 Å². The van der Waals surface area contributed by atoms with E-state index in [0.717, 1.165) is 18.1 Å². The number of rotatable bonds is 7. The third-order valence-corrected chi connectivity index (χ3v) is 5.17. The van der Waals surface area contributed by atoms with Crippen molar-refractivity contribution in [3.05, 3.63) is 10.2 Å². The van der Waals surface area contributed by atoms with Gasteiger partial charge in [0.15, 0.2) is 0 Å². The number of aromatic nitrogens is 2. The summed E-state index contributed by atoms with van der Waals surface area (Å²) in [7, 11) is 0. The summed E-state index contributed by atoms with van der Waals surface area (Å²) in [5, 5.41) is 22.7. The average molecular weight is 355 g/mol. The first-order chi connectivity index (χ1) is 9.55. The standard InChI is InChI=1S/C14H26N4OS.K.H2O/c1-4-5-6-7-8-17-9-10-18(19,11-17)14-16-15-13(20-14)12(2)3;;/h12H,4-11H2,1-3H3;;1H2/q;+1;/p-1. The fourth-order valence-electron chi connectivity index (χ4n) is 2.49. The van der Waals surface area contributed by atoms with Crippen LogP contribution in [0.25, 0.3) is 0 Å². The van der Waals surface area contributed by atoms with Gasteiger partial charge < -0.3 is 10.7 Å². The molecule has 2 heterocycles. The van der Waals surface area contributed by atoms with Crippen molar-refractivity contribution in [2.24, 2.45) is 0 Å². The second kappa shape index (κ2) is 10.8. The van der Waals surface area contributed by atoms with Crippen LogP contribution in [0.3, 0.4) is 0 Å². The first-order valence-corrected chi connectivity index (χ1v) is 8.51. The van der Waals surface area contributed by atoms with E-state index in [1.807, 2.05) is 0 Å². The Kier molecular flexibility index (Phi) is 11.3. The Bertz CT molecular complexity index is 433. The van der Waals surface area contributed by atoms with E-state index in [9.17, 15) is 5.21 Å². The van der Waals surface area contributed by atoms with E-state index in [2.05, 4.69) is 35.9 Å². The maximum atomic E-state index is 12.8. The normalized spacial score (nSPS) is 21.7. The van der Waals surface area contributed by atoms with Crippen LogP contribution in [-0.4, -0.2) is 46.9 Å². The van der Waals surface area contributed by atoms with Crippen LogP contribution in [0, 0.1) is 5.21 Å². The molecule has 0 radical (unpaired) electrons. The Morgan fingerprint density at radius 1 is 1.27 bits per heavy atom. The van der Waals surface area contributed by atoms with Gasteiger partial charge >= 0.3 is 56.5 Å². The zero-order valence-corrected chi connectivity index (χ0v) is 18.2. The number of unbranched alkanes of at least 4 members (excludes halogenated alkanes) is 3. The van der Waals surface area contributed by atoms with Gasteiger partial charge in [-0.15, -0.1) is 5.10 Å². The quantitative estimate of drug-likeness (QED) is 0.301. The summed E-state index contributed by atoms with van der Waals surface area (Å²) in [6, 6.07) is 0. The predicted molar refractivity (Wildman–Crippen MR) is 86.5 cm³/mol. The molecule has 0 bridgehead atoms. The maximum Gasteiger partial charge on any atom is 1.00 e. The van der Waals surface area contributed by atoms with Gasteiger partial charge in [0.25, 0.3) is 0 Å². The second-order valence-electron chi connectivity index (χ2n) is 6.01. The molecule has 6 nitrogen and oxygen atoms in total. The Morgan fingerprint density at radius 3 is 2.59 bits per heavy atom. The summed E-state index contributed by atoms with van der Waals surface area (Å²) in [4.78, 5) is 2.28. The summed E-state index contributed by atoms with van der Waals surface area (Å²) in [6.45, 7) is 9.47. The minimum atomic E-state index is -0.307. The fraction of sp³-hybridized carbons (Fsp3) is 0.857. The molecule has 0 spiro atoms. The van der Waals surface area contributed by atoms with E-state index in [1.54, 1.807) is 0 Å². The van der Waals surface area contributed by atoms with Gasteiger partial charge in [-0.3, -0.25) is 9.55 Å². The number of quaternary nitrogens is 1. The Morgan fingerprint density at radius 2 is 2.00 bits per heavy atom. The van der Waals surface area contributed by atoms with Crippen LogP contribution in [0.15, 0.2) is 0 Å². The molecule has 8 heteroatoms. The molecule has 1 fully saturated rings. The number of hydrogen-bond donors (Lipinski definition) is 0. The van der Waals surface area contributed by atoms with Crippen molar-refractivity contribution >= 4 is 16.5 Å². The van der Waals surface area contributed by atoms with Gasteiger partial charge in [0.2, 0.25) is 0 Å². The molecule has 1 N–H and O–H groups in total. The van der Waals surface area contributed by atoms with Crippen molar-refractivity contribution in [3.8, 4) is 0 Å². The fourth-order valence-corrected chi connectivity index (χ4v) is 3.39. The van der Waals surface area contributed by atoms with Crippen molar-refractivity contribution in [2.45, 2.75) is 52.4 Å². The first kappa shape index (κ1) is 23.0. The minimum Gasteiger partial charge on any atom is -0.870 e. The molecule has 1 aromatic heterocycles. The average Bonchev–Trinajstić information content (AvgIpc) is 3.03. The Hall–Kier alpha value is 1.04. The zero-order valence-electron chi connectivity index (χ0n) is 14.3. The van der Waals surface area contributed by atoms with Crippen LogP contribution < -0.4 is 56.0 Å². The molecule has 1 saturated heterocycles. The first-order valence-electron chi connectivity index (χ1n) is 7.69. The molecule has 1 atom stereocenters. The largest absolute Gasteiger partial charge is 1.00 e. The summed E-state index contributed by atoms with van der Waals surface area (Å²) < 4.78 is -0.307. The molecule has 1 aliphatic rings. The second-order valence-corrected chi connectivity index (χ2v) is 7.00. The number of hydroxylamine groups is 2. The van der Waals surface area contributed by atoms with Gasteiger partial charge in [0, 0.05) is 12.5 Å². The zero-order chi connectivity index (χ0) is 14.6. The van der Waals surface area contributed by atoms with Crippen molar-refractivity contribution in [1.82, 2.24) is 19.7 Å². The maximum absolute atomic E-state index is 12.8. The number of nitrogens with zero attached hydrogens (tertiary/aromatic N) is 4. The molecule has 1 unspecified atom stereocenters. The summed E-state index contributed by atoms with van der Waals surface area (Å²) in [5.41, 5.74) is 0. The van der Waals surface area contributed by atoms with Crippen molar-refractivity contribution in [2.75, 3.05) is 26.3 Å². The smallest absolute Gasteiger partial charge is 0.870 e. The SMILES string of the molecule is CCCCCCN1CC[N+]([O-])(c2nnc(C(C)C)s2)C1.[K+].[OH-]. The summed E-state index contributed by atoms with van der Waals surface area (Å²) in [5.74, 6) is 0.348. The molecule has 1 aromatic rings.